The Morgan fingerprint density at radius 2 is 2.19 bits per heavy atom. The van der Waals surface area contributed by atoms with Crippen LogP contribution in [0.3, 0.4) is 0 Å². The van der Waals surface area contributed by atoms with Crippen LogP contribution in [0.1, 0.15) is 37.2 Å². The summed E-state index contributed by atoms with van der Waals surface area (Å²) in [6.07, 6.45) is -2.25. The predicted octanol–water partition coefficient (Wildman–Crippen LogP) is 2.33. The van der Waals surface area contributed by atoms with Crippen molar-refractivity contribution in [1.29, 1.82) is 0 Å². The molecule has 2 N–H and O–H groups in total. The van der Waals surface area contributed by atoms with Crippen molar-refractivity contribution in [3.8, 4) is 0 Å². The summed E-state index contributed by atoms with van der Waals surface area (Å²) in [5.41, 5.74) is 5.25. The summed E-state index contributed by atoms with van der Waals surface area (Å²) < 4.78 is 38.9. The van der Waals surface area contributed by atoms with Crippen molar-refractivity contribution in [2.24, 2.45) is 11.7 Å². The monoisotopic (exact) mass is 233 g/mol. The van der Waals surface area contributed by atoms with Crippen LogP contribution in [0, 0.1) is 5.92 Å². The van der Waals surface area contributed by atoms with Gasteiger partial charge >= 0.3 is 6.18 Å². The number of hydrogen-bond donors (Lipinski definition) is 1. The summed E-state index contributed by atoms with van der Waals surface area (Å²) in [6.45, 7) is 2.22. The Morgan fingerprint density at radius 3 is 2.62 bits per heavy atom. The molecule has 1 fully saturated rings. The van der Waals surface area contributed by atoms with Gasteiger partial charge in [0, 0.05) is 12.6 Å². The second-order valence-electron chi connectivity index (χ2n) is 4.37. The highest BCUT2D eigenvalue weighted by molar-refractivity contribution is 5.16. The van der Waals surface area contributed by atoms with Gasteiger partial charge in [-0.2, -0.15) is 18.3 Å². The first-order valence-corrected chi connectivity index (χ1v) is 5.28. The van der Waals surface area contributed by atoms with Gasteiger partial charge in [-0.25, -0.2) is 0 Å². The van der Waals surface area contributed by atoms with Crippen LogP contribution in [0.4, 0.5) is 13.2 Å². The van der Waals surface area contributed by atoms with E-state index in [4.69, 9.17) is 5.73 Å². The van der Waals surface area contributed by atoms with Crippen LogP contribution >= 0.6 is 0 Å². The molecule has 3 nitrogen and oxygen atoms in total. The molecule has 0 amide bonds. The average molecular weight is 233 g/mol. The zero-order valence-electron chi connectivity index (χ0n) is 8.96. The Balaban J connectivity index is 2.29. The first-order chi connectivity index (χ1) is 7.38. The van der Waals surface area contributed by atoms with Gasteiger partial charge in [0.1, 0.15) is 0 Å². The first-order valence-electron chi connectivity index (χ1n) is 5.28. The minimum absolute atomic E-state index is 0.428. The molecule has 0 aliphatic heterocycles. The van der Waals surface area contributed by atoms with Crippen molar-refractivity contribution in [2.45, 2.75) is 38.5 Å². The fourth-order valence-electron chi connectivity index (χ4n) is 1.63. The SMILES string of the molecule is CC(N)c1cc(C(F)(F)F)nn1CC1CC1. The van der Waals surface area contributed by atoms with Gasteiger partial charge in [0.2, 0.25) is 0 Å². The van der Waals surface area contributed by atoms with Crippen molar-refractivity contribution in [3.05, 3.63) is 17.5 Å². The number of hydrogen-bond acceptors (Lipinski definition) is 2. The fraction of sp³-hybridized carbons (Fsp3) is 0.700. The van der Waals surface area contributed by atoms with Crippen molar-refractivity contribution < 1.29 is 13.2 Å². The molecule has 1 unspecified atom stereocenters. The lowest BCUT2D eigenvalue weighted by Crippen LogP contribution is -2.14. The van der Waals surface area contributed by atoms with Crippen LogP contribution in [0.5, 0.6) is 0 Å². The van der Waals surface area contributed by atoms with Gasteiger partial charge < -0.3 is 5.73 Å². The van der Waals surface area contributed by atoms with Gasteiger partial charge in [-0.1, -0.05) is 0 Å². The van der Waals surface area contributed by atoms with E-state index in [-0.39, 0.29) is 0 Å². The molecular weight excluding hydrogens is 219 g/mol. The van der Waals surface area contributed by atoms with E-state index in [2.05, 4.69) is 5.10 Å². The molecule has 1 atom stereocenters. The minimum Gasteiger partial charge on any atom is -0.323 e. The molecule has 0 bridgehead atoms. The summed E-state index contributed by atoms with van der Waals surface area (Å²) in [4.78, 5) is 0. The highest BCUT2D eigenvalue weighted by Gasteiger charge is 2.36. The molecule has 1 aliphatic carbocycles. The Morgan fingerprint density at radius 1 is 1.56 bits per heavy atom. The van der Waals surface area contributed by atoms with Crippen molar-refractivity contribution in [3.63, 3.8) is 0 Å². The number of alkyl halides is 3. The molecule has 0 radical (unpaired) electrons. The number of rotatable bonds is 3. The molecule has 1 aliphatic rings. The molecule has 90 valence electrons. The fourth-order valence-corrected chi connectivity index (χ4v) is 1.63. The van der Waals surface area contributed by atoms with Gasteiger partial charge in [-0.3, -0.25) is 4.68 Å². The molecule has 1 saturated carbocycles. The number of nitrogens with two attached hydrogens (primary N) is 1. The summed E-state index contributed by atoms with van der Waals surface area (Å²) >= 11 is 0. The quantitative estimate of drug-likeness (QED) is 0.870. The molecule has 1 aromatic heterocycles. The first kappa shape index (κ1) is 11.4. The normalized spacial score (nSPS) is 18.8. The maximum atomic E-state index is 12.5. The molecular formula is C10H14F3N3. The second-order valence-corrected chi connectivity index (χ2v) is 4.37. The van der Waals surface area contributed by atoms with E-state index in [9.17, 15) is 13.2 Å². The van der Waals surface area contributed by atoms with Crippen LogP contribution in [0.25, 0.3) is 0 Å². The maximum Gasteiger partial charge on any atom is 0.435 e. The largest absolute Gasteiger partial charge is 0.435 e. The number of aromatic nitrogens is 2. The van der Waals surface area contributed by atoms with Crippen LogP contribution < -0.4 is 5.73 Å². The zero-order valence-corrected chi connectivity index (χ0v) is 8.96. The van der Waals surface area contributed by atoms with E-state index in [0.717, 1.165) is 18.9 Å². The minimum atomic E-state index is -4.39. The van der Waals surface area contributed by atoms with E-state index in [0.29, 0.717) is 18.2 Å². The van der Waals surface area contributed by atoms with Crippen molar-refractivity contribution in [1.82, 2.24) is 9.78 Å². The molecule has 16 heavy (non-hydrogen) atoms. The van der Waals surface area contributed by atoms with E-state index in [1.165, 1.54) is 4.68 Å². The second kappa shape index (κ2) is 3.76. The van der Waals surface area contributed by atoms with Crippen LogP contribution in [-0.4, -0.2) is 9.78 Å². The Kier molecular flexibility index (Phi) is 2.69. The summed E-state index contributed by atoms with van der Waals surface area (Å²) in [5.74, 6) is 0.471. The molecule has 1 heterocycles. The third-order valence-corrected chi connectivity index (χ3v) is 2.70. The lowest BCUT2D eigenvalue weighted by molar-refractivity contribution is -0.141. The third-order valence-electron chi connectivity index (χ3n) is 2.70. The third kappa shape index (κ3) is 2.37. The molecule has 0 spiro atoms. The van der Waals surface area contributed by atoms with Crippen LogP contribution in [-0.2, 0) is 12.7 Å². The maximum absolute atomic E-state index is 12.5. The standard InChI is InChI=1S/C10H14F3N3/c1-6(14)8-4-9(10(11,12)13)15-16(8)5-7-2-3-7/h4,6-7H,2-3,5,14H2,1H3. The summed E-state index contributed by atoms with van der Waals surface area (Å²) in [5, 5.41) is 3.59. The molecule has 2 rings (SSSR count). The lowest BCUT2D eigenvalue weighted by Gasteiger charge is -2.08. The van der Waals surface area contributed by atoms with Crippen LogP contribution in [0.15, 0.2) is 6.07 Å². The van der Waals surface area contributed by atoms with Gasteiger partial charge in [-0.05, 0) is 31.7 Å². The smallest absolute Gasteiger partial charge is 0.323 e. The van der Waals surface area contributed by atoms with E-state index in [1.807, 2.05) is 0 Å². The van der Waals surface area contributed by atoms with Crippen LogP contribution in [0.2, 0.25) is 0 Å². The van der Waals surface area contributed by atoms with E-state index < -0.39 is 17.9 Å². The van der Waals surface area contributed by atoms with E-state index >= 15 is 0 Å². The number of nitrogens with zero attached hydrogens (tertiary/aromatic N) is 2. The van der Waals surface area contributed by atoms with Gasteiger partial charge in [0.15, 0.2) is 5.69 Å². The average Bonchev–Trinajstić information content (AvgIpc) is 2.80. The van der Waals surface area contributed by atoms with Crippen molar-refractivity contribution in [2.75, 3.05) is 0 Å². The Labute approximate surface area is 91.4 Å². The molecule has 0 saturated heterocycles. The molecule has 0 aromatic carbocycles. The lowest BCUT2D eigenvalue weighted by atomic mass is 10.2. The predicted molar refractivity (Wildman–Crippen MR) is 52.6 cm³/mol. The van der Waals surface area contributed by atoms with E-state index in [1.54, 1.807) is 6.92 Å². The molecule has 6 heteroatoms. The van der Waals surface area contributed by atoms with Gasteiger partial charge in [0.25, 0.3) is 0 Å². The highest BCUT2D eigenvalue weighted by Crippen LogP contribution is 2.34. The molecule has 1 aromatic rings. The Hall–Kier alpha value is -1.04. The summed E-state index contributed by atoms with van der Waals surface area (Å²) in [7, 11) is 0. The Bertz CT molecular complexity index is 377. The zero-order chi connectivity index (χ0) is 11.9. The van der Waals surface area contributed by atoms with Gasteiger partial charge in [-0.15, -0.1) is 0 Å². The van der Waals surface area contributed by atoms with Gasteiger partial charge in [0.05, 0.1) is 5.69 Å². The van der Waals surface area contributed by atoms with Crippen molar-refractivity contribution >= 4 is 0 Å². The number of halogens is 3. The highest BCUT2D eigenvalue weighted by atomic mass is 19.4. The summed E-state index contributed by atoms with van der Waals surface area (Å²) in [6, 6.07) is 0.620. The topological polar surface area (TPSA) is 43.8 Å².